The van der Waals surface area contributed by atoms with Crippen LogP contribution in [-0.2, 0) is 19.3 Å². The monoisotopic (exact) mass is 281 g/mol. The third-order valence-corrected chi connectivity index (χ3v) is 2.91. The van der Waals surface area contributed by atoms with E-state index in [1.165, 1.54) is 12.1 Å². The first-order valence-electron chi connectivity index (χ1n) is 6.07. The van der Waals surface area contributed by atoms with Crippen molar-refractivity contribution >= 4 is 0 Å². The van der Waals surface area contributed by atoms with Crippen molar-refractivity contribution < 1.29 is 17.9 Å². The van der Waals surface area contributed by atoms with Gasteiger partial charge in [-0.15, -0.1) is 0 Å². The van der Waals surface area contributed by atoms with Gasteiger partial charge in [-0.25, -0.2) is 0 Å². The van der Waals surface area contributed by atoms with Gasteiger partial charge < -0.3 is 10.5 Å². The summed E-state index contributed by atoms with van der Waals surface area (Å²) in [5.41, 5.74) is 6.80. The molecule has 2 aromatic carbocycles. The average Bonchev–Trinajstić information content (AvgIpc) is 2.45. The number of halogens is 3. The largest absolute Gasteiger partial charge is 0.489 e. The molecular formula is C15H14F3NO. The maximum absolute atomic E-state index is 12.4. The van der Waals surface area contributed by atoms with Crippen LogP contribution in [-0.4, -0.2) is 0 Å². The van der Waals surface area contributed by atoms with Gasteiger partial charge in [-0.05, 0) is 35.4 Å². The highest BCUT2D eigenvalue weighted by Crippen LogP contribution is 2.30. The molecular weight excluding hydrogens is 267 g/mol. The predicted octanol–water partition coefficient (Wildman–Crippen LogP) is 3.74. The second-order valence-electron chi connectivity index (χ2n) is 4.28. The quantitative estimate of drug-likeness (QED) is 0.926. The summed E-state index contributed by atoms with van der Waals surface area (Å²) in [6, 6.07) is 12.2. The van der Waals surface area contributed by atoms with Crippen molar-refractivity contribution in [3.63, 3.8) is 0 Å². The van der Waals surface area contributed by atoms with E-state index in [4.69, 9.17) is 10.5 Å². The van der Waals surface area contributed by atoms with E-state index in [1.54, 1.807) is 0 Å². The molecule has 0 amide bonds. The lowest BCUT2D eigenvalue weighted by Crippen LogP contribution is -2.06. The van der Waals surface area contributed by atoms with Gasteiger partial charge in [-0.3, -0.25) is 0 Å². The first kappa shape index (κ1) is 14.4. The summed E-state index contributed by atoms with van der Waals surface area (Å²) >= 11 is 0. The van der Waals surface area contributed by atoms with Crippen molar-refractivity contribution in [1.29, 1.82) is 0 Å². The summed E-state index contributed by atoms with van der Waals surface area (Å²) in [6.45, 7) is 0.672. The van der Waals surface area contributed by atoms with E-state index in [2.05, 4.69) is 0 Å². The van der Waals surface area contributed by atoms with E-state index >= 15 is 0 Å². The highest BCUT2D eigenvalue weighted by molar-refractivity contribution is 5.30. The molecule has 5 heteroatoms. The lowest BCUT2D eigenvalue weighted by atomic mass is 10.1. The standard InChI is InChI=1S/C15H14F3NO/c16-15(17,18)13-5-7-14(8-6-13)20-10-12-4-2-1-3-11(12)9-19/h1-8H,9-10,19H2. The molecule has 0 bridgehead atoms. The molecule has 2 aromatic rings. The van der Waals surface area contributed by atoms with Gasteiger partial charge in [0.2, 0.25) is 0 Å². The van der Waals surface area contributed by atoms with Crippen molar-refractivity contribution in [2.75, 3.05) is 0 Å². The Morgan fingerprint density at radius 3 is 2.05 bits per heavy atom. The van der Waals surface area contributed by atoms with Gasteiger partial charge in [0.1, 0.15) is 12.4 Å². The number of nitrogens with two attached hydrogens (primary N) is 1. The molecule has 0 unspecified atom stereocenters. The Labute approximate surface area is 115 Å². The van der Waals surface area contributed by atoms with Gasteiger partial charge in [0, 0.05) is 6.54 Å². The first-order chi connectivity index (χ1) is 9.50. The van der Waals surface area contributed by atoms with Crippen LogP contribution in [0, 0.1) is 0 Å². The summed E-state index contributed by atoms with van der Waals surface area (Å²) in [7, 11) is 0. The molecule has 0 atom stereocenters. The number of hydrogen-bond acceptors (Lipinski definition) is 2. The molecule has 0 aliphatic rings. The summed E-state index contributed by atoms with van der Waals surface area (Å²) in [5.74, 6) is 0.393. The van der Waals surface area contributed by atoms with Crippen LogP contribution >= 0.6 is 0 Å². The first-order valence-corrected chi connectivity index (χ1v) is 6.07. The smallest absolute Gasteiger partial charge is 0.416 e. The molecule has 0 spiro atoms. The molecule has 2 nitrogen and oxygen atoms in total. The van der Waals surface area contributed by atoms with Crippen LogP contribution in [0.1, 0.15) is 16.7 Å². The topological polar surface area (TPSA) is 35.2 Å². The molecule has 0 aliphatic carbocycles. The van der Waals surface area contributed by atoms with Gasteiger partial charge >= 0.3 is 6.18 Å². The third kappa shape index (κ3) is 3.51. The second kappa shape index (κ2) is 5.96. The minimum Gasteiger partial charge on any atom is -0.489 e. The minimum absolute atomic E-state index is 0.277. The molecule has 0 radical (unpaired) electrons. The average molecular weight is 281 g/mol. The summed E-state index contributed by atoms with van der Waals surface area (Å²) < 4.78 is 42.7. The van der Waals surface area contributed by atoms with E-state index in [0.29, 0.717) is 12.3 Å². The molecule has 2 rings (SSSR count). The summed E-state index contributed by atoms with van der Waals surface area (Å²) in [6.07, 6.45) is -4.33. The van der Waals surface area contributed by atoms with Crippen LogP contribution in [0.3, 0.4) is 0 Å². The minimum atomic E-state index is -4.33. The maximum Gasteiger partial charge on any atom is 0.416 e. The Balaban J connectivity index is 2.04. The second-order valence-corrected chi connectivity index (χ2v) is 4.28. The van der Waals surface area contributed by atoms with Crippen LogP contribution in [0.2, 0.25) is 0 Å². The maximum atomic E-state index is 12.4. The fourth-order valence-electron chi connectivity index (χ4n) is 1.80. The highest BCUT2D eigenvalue weighted by Gasteiger charge is 2.29. The predicted molar refractivity (Wildman–Crippen MR) is 70.1 cm³/mol. The Morgan fingerprint density at radius 2 is 1.50 bits per heavy atom. The zero-order valence-corrected chi connectivity index (χ0v) is 10.7. The Morgan fingerprint density at radius 1 is 0.900 bits per heavy atom. The SMILES string of the molecule is NCc1ccccc1COc1ccc(C(F)(F)F)cc1. The van der Waals surface area contributed by atoms with Crippen molar-refractivity contribution in [3.8, 4) is 5.75 Å². The molecule has 2 N–H and O–H groups in total. The van der Waals surface area contributed by atoms with Gasteiger partial charge in [-0.2, -0.15) is 13.2 Å². The van der Waals surface area contributed by atoms with Gasteiger partial charge in [0.25, 0.3) is 0 Å². The molecule has 0 aliphatic heterocycles. The molecule has 106 valence electrons. The fourth-order valence-corrected chi connectivity index (χ4v) is 1.80. The Hall–Kier alpha value is -2.01. The van der Waals surface area contributed by atoms with Gasteiger partial charge in [0.15, 0.2) is 0 Å². The van der Waals surface area contributed by atoms with Crippen molar-refractivity contribution in [2.45, 2.75) is 19.3 Å². The van der Waals surface area contributed by atoms with E-state index in [-0.39, 0.29) is 6.61 Å². The van der Waals surface area contributed by atoms with Crippen LogP contribution < -0.4 is 10.5 Å². The number of alkyl halides is 3. The Kier molecular flexibility index (Phi) is 4.29. The molecule has 0 saturated heterocycles. The lowest BCUT2D eigenvalue weighted by molar-refractivity contribution is -0.137. The van der Waals surface area contributed by atoms with E-state index in [0.717, 1.165) is 23.3 Å². The van der Waals surface area contributed by atoms with Crippen molar-refractivity contribution in [3.05, 3.63) is 65.2 Å². The summed E-state index contributed by atoms with van der Waals surface area (Å²) in [5, 5.41) is 0. The number of benzene rings is 2. The number of ether oxygens (including phenoxy) is 1. The van der Waals surface area contributed by atoms with E-state index in [9.17, 15) is 13.2 Å². The summed E-state index contributed by atoms with van der Waals surface area (Å²) in [4.78, 5) is 0. The van der Waals surface area contributed by atoms with Crippen molar-refractivity contribution in [1.82, 2.24) is 0 Å². The zero-order valence-electron chi connectivity index (χ0n) is 10.7. The number of rotatable bonds is 4. The van der Waals surface area contributed by atoms with Crippen molar-refractivity contribution in [2.24, 2.45) is 5.73 Å². The Bertz CT molecular complexity index is 564. The molecule has 0 heterocycles. The van der Waals surface area contributed by atoms with E-state index < -0.39 is 11.7 Å². The van der Waals surface area contributed by atoms with Gasteiger partial charge in [0.05, 0.1) is 5.56 Å². The molecule has 0 saturated carbocycles. The van der Waals surface area contributed by atoms with Crippen LogP contribution in [0.15, 0.2) is 48.5 Å². The molecule has 20 heavy (non-hydrogen) atoms. The van der Waals surface area contributed by atoms with Crippen LogP contribution in [0.25, 0.3) is 0 Å². The van der Waals surface area contributed by atoms with Crippen LogP contribution in [0.5, 0.6) is 5.75 Å². The molecule has 0 aromatic heterocycles. The van der Waals surface area contributed by atoms with Gasteiger partial charge in [-0.1, -0.05) is 24.3 Å². The normalized spacial score (nSPS) is 11.4. The number of hydrogen-bond donors (Lipinski definition) is 1. The zero-order chi connectivity index (χ0) is 14.6. The molecule has 0 fully saturated rings. The lowest BCUT2D eigenvalue weighted by Gasteiger charge is -2.11. The van der Waals surface area contributed by atoms with Crippen LogP contribution in [0.4, 0.5) is 13.2 Å². The third-order valence-electron chi connectivity index (χ3n) is 2.91. The van der Waals surface area contributed by atoms with E-state index in [1.807, 2.05) is 24.3 Å². The highest BCUT2D eigenvalue weighted by atomic mass is 19.4. The fraction of sp³-hybridized carbons (Fsp3) is 0.200.